The van der Waals surface area contributed by atoms with E-state index >= 15 is 0 Å². The van der Waals surface area contributed by atoms with Crippen molar-refractivity contribution in [3.8, 4) is 0 Å². The van der Waals surface area contributed by atoms with Gasteiger partial charge < -0.3 is 5.32 Å². The number of sulfonamides is 1. The molecule has 1 amide bonds. The van der Waals surface area contributed by atoms with Crippen molar-refractivity contribution in [3.05, 3.63) is 34.9 Å². The third-order valence-electron chi connectivity index (χ3n) is 8.81. The minimum atomic E-state index is -4.08. The summed E-state index contributed by atoms with van der Waals surface area (Å²) >= 11 is 0. The Kier molecular flexibility index (Phi) is 9.14. The SMILES string of the molecule is CCS(=O)(=O)N1CCC(CNC(=O)c2ccc3c(c2)CN(CC2CCC(C(F)(F)F)CC2)[C@H]3C(C)C)CC1. The smallest absolute Gasteiger partial charge is 0.352 e. The molecule has 1 aliphatic carbocycles. The van der Waals surface area contributed by atoms with Crippen molar-refractivity contribution in [2.45, 2.75) is 78.1 Å². The number of alkyl halides is 3. The van der Waals surface area contributed by atoms with E-state index in [0.717, 1.165) is 24.9 Å². The molecule has 10 heteroatoms. The highest BCUT2D eigenvalue weighted by Gasteiger charge is 2.42. The topological polar surface area (TPSA) is 69.7 Å². The Morgan fingerprint density at radius 3 is 2.29 bits per heavy atom. The van der Waals surface area contributed by atoms with Gasteiger partial charge in [-0.3, -0.25) is 9.69 Å². The first-order chi connectivity index (χ1) is 17.9. The van der Waals surface area contributed by atoms with Gasteiger partial charge in [-0.05, 0) is 86.5 Å². The van der Waals surface area contributed by atoms with Gasteiger partial charge in [-0.2, -0.15) is 13.2 Å². The molecule has 2 fully saturated rings. The summed E-state index contributed by atoms with van der Waals surface area (Å²) in [5.41, 5.74) is 2.95. The number of carbonyl (C=O) groups is 1. The summed E-state index contributed by atoms with van der Waals surface area (Å²) in [6.07, 6.45) is -0.950. The van der Waals surface area contributed by atoms with Crippen molar-refractivity contribution < 1.29 is 26.4 Å². The molecule has 1 saturated heterocycles. The molecule has 1 aromatic carbocycles. The number of carbonyl (C=O) groups excluding carboxylic acids is 1. The lowest BCUT2D eigenvalue weighted by atomic mass is 9.81. The zero-order valence-electron chi connectivity index (χ0n) is 22.8. The van der Waals surface area contributed by atoms with Crippen molar-refractivity contribution in [2.24, 2.45) is 23.7 Å². The summed E-state index contributed by atoms with van der Waals surface area (Å²) in [5, 5.41) is 3.04. The molecule has 214 valence electrons. The number of fused-ring (bicyclic) bond motifs is 1. The molecule has 4 rings (SSSR count). The van der Waals surface area contributed by atoms with E-state index in [9.17, 15) is 26.4 Å². The highest BCUT2D eigenvalue weighted by molar-refractivity contribution is 7.89. The maximum Gasteiger partial charge on any atom is 0.391 e. The predicted molar refractivity (Wildman–Crippen MR) is 142 cm³/mol. The van der Waals surface area contributed by atoms with E-state index in [1.807, 2.05) is 18.2 Å². The van der Waals surface area contributed by atoms with Gasteiger partial charge in [0.15, 0.2) is 0 Å². The van der Waals surface area contributed by atoms with Crippen LogP contribution in [0.5, 0.6) is 0 Å². The Morgan fingerprint density at radius 1 is 1.05 bits per heavy atom. The maximum absolute atomic E-state index is 13.1. The van der Waals surface area contributed by atoms with Gasteiger partial charge in [-0.1, -0.05) is 19.9 Å². The molecule has 0 aromatic heterocycles. The lowest BCUT2D eigenvalue weighted by Gasteiger charge is -2.35. The van der Waals surface area contributed by atoms with E-state index < -0.39 is 22.1 Å². The minimum absolute atomic E-state index is 0.112. The van der Waals surface area contributed by atoms with Crippen LogP contribution in [0.2, 0.25) is 0 Å². The molecule has 2 heterocycles. The number of benzene rings is 1. The first-order valence-electron chi connectivity index (χ1n) is 14.1. The van der Waals surface area contributed by atoms with Crippen LogP contribution in [0.1, 0.15) is 86.8 Å². The summed E-state index contributed by atoms with van der Waals surface area (Å²) in [4.78, 5) is 15.4. The fraction of sp³-hybridized carbons (Fsp3) is 0.750. The van der Waals surface area contributed by atoms with E-state index in [-0.39, 0.29) is 42.4 Å². The minimum Gasteiger partial charge on any atom is -0.352 e. The molecule has 1 N–H and O–H groups in total. The summed E-state index contributed by atoms with van der Waals surface area (Å²) in [6.45, 7) is 9.02. The molecule has 0 unspecified atom stereocenters. The molecule has 0 radical (unpaired) electrons. The highest BCUT2D eigenvalue weighted by Crippen LogP contribution is 2.43. The van der Waals surface area contributed by atoms with Gasteiger partial charge in [0, 0.05) is 44.3 Å². The van der Waals surface area contributed by atoms with E-state index in [4.69, 9.17) is 0 Å². The normalized spacial score (nSPS) is 26.0. The number of nitrogens with one attached hydrogen (secondary N) is 1. The van der Waals surface area contributed by atoms with Crippen molar-refractivity contribution in [1.82, 2.24) is 14.5 Å². The van der Waals surface area contributed by atoms with Crippen LogP contribution in [0.4, 0.5) is 13.2 Å². The van der Waals surface area contributed by atoms with Crippen molar-refractivity contribution >= 4 is 15.9 Å². The van der Waals surface area contributed by atoms with Gasteiger partial charge in [0.2, 0.25) is 10.0 Å². The summed E-state index contributed by atoms with van der Waals surface area (Å²) in [6, 6.07) is 6.09. The number of piperidine rings is 1. The van der Waals surface area contributed by atoms with E-state index in [1.54, 1.807) is 11.2 Å². The van der Waals surface area contributed by atoms with Gasteiger partial charge in [-0.15, -0.1) is 0 Å². The van der Waals surface area contributed by atoms with Gasteiger partial charge in [0.25, 0.3) is 5.91 Å². The Labute approximate surface area is 225 Å². The highest BCUT2D eigenvalue weighted by atomic mass is 32.2. The van der Waals surface area contributed by atoms with Gasteiger partial charge >= 0.3 is 6.18 Å². The van der Waals surface area contributed by atoms with Gasteiger partial charge in [0.05, 0.1) is 11.7 Å². The monoisotopic (exact) mass is 557 g/mol. The zero-order chi connectivity index (χ0) is 27.7. The van der Waals surface area contributed by atoms with Crippen molar-refractivity contribution in [1.29, 1.82) is 0 Å². The van der Waals surface area contributed by atoms with Crippen molar-refractivity contribution in [2.75, 3.05) is 31.9 Å². The van der Waals surface area contributed by atoms with Gasteiger partial charge in [-0.25, -0.2) is 12.7 Å². The molecule has 0 bridgehead atoms. The molecular formula is C28H42F3N3O3S. The summed E-state index contributed by atoms with van der Waals surface area (Å²) in [7, 11) is -3.16. The van der Waals surface area contributed by atoms with E-state index in [0.29, 0.717) is 50.5 Å². The fourth-order valence-corrected chi connectivity index (χ4v) is 7.69. The Morgan fingerprint density at radius 2 is 1.71 bits per heavy atom. The number of hydrogen-bond acceptors (Lipinski definition) is 4. The van der Waals surface area contributed by atoms with Crippen LogP contribution in [0.15, 0.2) is 18.2 Å². The van der Waals surface area contributed by atoms with Crippen LogP contribution in [0.3, 0.4) is 0 Å². The van der Waals surface area contributed by atoms with E-state index in [1.165, 1.54) is 5.56 Å². The van der Waals surface area contributed by atoms with Crippen LogP contribution < -0.4 is 5.32 Å². The van der Waals surface area contributed by atoms with E-state index in [2.05, 4.69) is 24.1 Å². The Hall–Kier alpha value is -1.65. The van der Waals surface area contributed by atoms with Crippen molar-refractivity contribution in [3.63, 3.8) is 0 Å². The fourth-order valence-electron chi connectivity index (χ4n) is 6.56. The molecule has 1 aromatic rings. The van der Waals surface area contributed by atoms with Crippen LogP contribution in [0.25, 0.3) is 0 Å². The molecule has 0 spiro atoms. The Balaban J connectivity index is 1.32. The van der Waals surface area contributed by atoms with Crippen LogP contribution in [-0.4, -0.2) is 61.6 Å². The average molecular weight is 558 g/mol. The molecule has 38 heavy (non-hydrogen) atoms. The van der Waals surface area contributed by atoms with Crippen LogP contribution in [0, 0.1) is 23.7 Å². The first kappa shape index (κ1) is 29.3. The third kappa shape index (κ3) is 6.73. The number of rotatable bonds is 8. The lowest BCUT2D eigenvalue weighted by Crippen LogP contribution is -2.42. The van der Waals surface area contributed by atoms with Crippen LogP contribution in [-0.2, 0) is 16.6 Å². The number of amides is 1. The standard InChI is InChI=1S/C28H42F3N3O3S/c1-4-38(36,37)34-13-11-20(12-14-34)16-32-27(35)22-7-10-25-23(15-22)18-33(26(25)19(2)3)17-21-5-8-24(9-6-21)28(29,30)31/h7,10,15,19-21,24,26H,4-6,8-9,11-14,16-18H2,1-3H3,(H,32,35)/t21?,24?,26-/m0/s1. The molecule has 1 saturated carbocycles. The van der Waals surface area contributed by atoms with Gasteiger partial charge in [0.1, 0.15) is 0 Å². The summed E-state index contributed by atoms with van der Waals surface area (Å²) in [5.74, 6) is -0.295. The second-order valence-corrected chi connectivity index (χ2v) is 14.0. The second kappa shape index (κ2) is 11.8. The molecular weight excluding hydrogens is 515 g/mol. The van der Waals surface area contributed by atoms with Crippen LogP contribution >= 0.6 is 0 Å². The third-order valence-corrected chi connectivity index (χ3v) is 10.7. The average Bonchev–Trinajstić information content (AvgIpc) is 3.24. The lowest BCUT2D eigenvalue weighted by molar-refractivity contribution is -0.184. The number of nitrogens with zero attached hydrogens (tertiary/aromatic N) is 2. The zero-order valence-corrected chi connectivity index (χ0v) is 23.6. The molecule has 6 nitrogen and oxygen atoms in total. The molecule has 3 aliphatic rings. The molecule has 2 aliphatic heterocycles. The maximum atomic E-state index is 13.1. The number of hydrogen-bond donors (Lipinski definition) is 1. The summed E-state index contributed by atoms with van der Waals surface area (Å²) < 4.78 is 64.9. The largest absolute Gasteiger partial charge is 0.391 e. The number of halogens is 3. The molecule has 1 atom stereocenters. The second-order valence-electron chi connectivity index (χ2n) is 11.7. The first-order valence-corrected chi connectivity index (χ1v) is 15.7. The quantitative estimate of drug-likeness (QED) is 0.467. The predicted octanol–water partition coefficient (Wildman–Crippen LogP) is 5.36. The Bertz CT molecular complexity index is 1080.